The number of hydrogen-bond donors (Lipinski definition) is 2. The van der Waals surface area contributed by atoms with Gasteiger partial charge >= 0.3 is 0 Å². The van der Waals surface area contributed by atoms with E-state index in [9.17, 15) is 0 Å². The van der Waals surface area contributed by atoms with Crippen LogP contribution >= 0.6 is 35.3 Å². The molecule has 0 radical (unpaired) electrons. The van der Waals surface area contributed by atoms with Gasteiger partial charge in [0.25, 0.3) is 0 Å². The van der Waals surface area contributed by atoms with Crippen molar-refractivity contribution < 1.29 is 4.74 Å². The van der Waals surface area contributed by atoms with E-state index in [1.807, 2.05) is 18.2 Å². The lowest BCUT2D eigenvalue weighted by Crippen LogP contribution is -2.36. The molecule has 1 aromatic heterocycles. The molecule has 150 valence electrons. The van der Waals surface area contributed by atoms with E-state index in [0.717, 1.165) is 43.5 Å². The summed E-state index contributed by atoms with van der Waals surface area (Å²) in [5.74, 6) is 1.72. The van der Waals surface area contributed by atoms with Crippen LogP contribution in [0.4, 0.5) is 0 Å². The van der Waals surface area contributed by atoms with Gasteiger partial charge in [-0.25, -0.2) is 0 Å². The molecule has 2 rings (SSSR count). The number of ether oxygens (including phenoxy) is 1. The Kier molecular flexibility index (Phi) is 12.1. The standard InChI is InChI=1S/C20H30N4OS.HI/c1-4-24(5-2)11-12-25-19-9-7-6-8-18(19)15-23-20(21-3)22-14-17-10-13-26-16-17;/h6-10,13,16H,4-5,11-12,14-15H2,1-3H3,(H2,21,22,23);1H. The first-order valence-corrected chi connectivity index (χ1v) is 10.1. The van der Waals surface area contributed by atoms with E-state index in [1.165, 1.54) is 5.56 Å². The van der Waals surface area contributed by atoms with Gasteiger partial charge in [0.15, 0.2) is 5.96 Å². The van der Waals surface area contributed by atoms with Crippen LogP contribution in [-0.2, 0) is 13.1 Å². The van der Waals surface area contributed by atoms with Crippen LogP contribution in [0.5, 0.6) is 5.75 Å². The Balaban J connectivity index is 0.00000364. The molecule has 7 heteroatoms. The van der Waals surface area contributed by atoms with Crippen LogP contribution in [0.2, 0.25) is 0 Å². The van der Waals surface area contributed by atoms with Crippen LogP contribution in [0.15, 0.2) is 46.1 Å². The first kappa shape index (κ1) is 23.7. The summed E-state index contributed by atoms with van der Waals surface area (Å²) in [5, 5.41) is 10.9. The van der Waals surface area contributed by atoms with Crippen molar-refractivity contribution in [2.75, 3.05) is 33.3 Å². The fraction of sp³-hybridized carbons (Fsp3) is 0.450. The van der Waals surface area contributed by atoms with E-state index in [4.69, 9.17) is 4.74 Å². The monoisotopic (exact) mass is 502 g/mol. The molecule has 0 atom stereocenters. The molecule has 0 spiro atoms. The molecule has 0 aliphatic rings. The summed E-state index contributed by atoms with van der Waals surface area (Å²) in [4.78, 5) is 6.65. The van der Waals surface area contributed by atoms with E-state index < -0.39 is 0 Å². The van der Waals surface area contributed by atoms with Crippen molar-refractivity contribution in [3.05, 3.63) is 52.2 Å². The minimum Gasteiger partial charge on any atom is -0.492 e. The Hall–Kier alpha value is -1.32. The Bertz CT molecular complexity index is 660. The van der Waals surface area contributed by atoms with Gasteiger partial charge in [-0.2, -0.15) is 11.3 Å². The number of nitrogens with zero attached hydrogens (tertiary/aromatic N) is 2. The highest BCUT2D eigenvalue weighted by Gasteiger charge is 2.06. The summed E-state index contributed by atoms with van der Waals surface area (Å²) in [5.41, 5.74) is 2.39. The maximum atomic E-state index is 6.02. The summed E-state index contributed by atoms with van der Waals surface area (Å²) in [6.45, 7) is 9.54. The minimum absolute atomic E-state index is 0. The van der Waals surface area contributed by atoms with Gasteiger partial charge in [-0.1, -0.05) is 32.0 Å². The Morgan fingerprint density at radius 1 is 1.11 bits per heavy atom. The molecule has 2 N–H and O–H groups in total. The predicted octanol–water partition coefficient (Wildman–Crippen LogP) is 3.95. The number of rotatable bonds is 10. The second-order valence-electron chi connectivity index (χ2n) is 5.89. The first-order chi connectivity index (χ1) is 12.8. The molecule has 0 amide bonds. The van der Waals surface area contributed by atoms with Crippen molar-refractivity contribution in [1.29, 1.82) is 0 Å². The number of benzene rings is 1. The van der Waals surface area contributed by atoms with Gasteiger partial charge in [0, 0.05) is 32.2 Å². The van der Waals surface area contributed by atoms with E-state index in [0.29, 0.717) is 13.2 Å². The zero-order chi connectivity index (χ0) is 18.6. The van der Waals surface area contributed by atoms with Crippen molar-refractivity contribution in [3.63, 3.8) is 0 Å². The lowest BCUT2D eigenvalue weighted by atomic mass is 10.2. The smallest absolute Gasteiger partial charge is 0.191 e. The molecule has 0 bridgehead atoms. The van der Waals surface area contributed by atoms with Gasteiger partial charge in [-0.15, -0.1) is 24.0 Å². The van der Waals surface area contributed by atoms with Gasteiger partial charge in [-0.3, -0.25) is 4.99 Å². The third kappa shape index (κ3) is 8.49. The number of aliphatic imine (C=N–C) groups is 1. The SMILES string of the molecule is CCN(CC)CCOc1ccccc1CNC(=NC)NCc1ccsc1.I. The number of hydrogen-bond acceptors (Lipinski definition) is 4. The molecule has 0 aliphatic heterocycles. The van der Waals surface area contributed by atoms with E-state index in [1.54, 1.807) is 18.4 Å². The summed E-state index contributed by atoms with van der Waals surface area (Å²) in [6, 6.07) is 10.3. The highest BCUT2D eigenvalue weighted by atomic mass is 127. The van der Waals surface area contributed by atoms with E-state index >= 15 is 0 Å². The lowest BCUT2D eigenvalue weighted by Gasteiger charge is -2.19. The molecule has 1 aromatic carbocycles. The topological polar surface area (TPSA) is 48.9 Å². The molecule has 0 unspecified atom stereocenters. The number of halogens is 1. The van der Waals surface area contributed by atoms with Crippen molar-refractivity contribution in [1.82, 2.24) is 15.5 Å². The summed E-state index contributed by atoms with van der Waals surface area (Å²) >= 11 is 1.70. The predicted molar refractivity (Wildman–Crippen MR) is 126 cm³/mol. The molecule has 0 saturated carbocycles. The fourth-order valence-corrected chi connectivity index (χ4v) is 3.26. The van der Waals surface area contributed by atoms with Crippen LogP contribution in [0.25, 0.3) is 0 Å². The van der Waals surface area contributed by atoms with Crippen LogP contribution in [-0.4, -0.2) is 44.1 Å². The Labute approximate surface area is 184 Å². The molecule has 1 heterocycles. The molecule has 27 heavy (non-hydrogen) atoms. The average Bonchev–Trinajstić information content (AvgIpc) is 3.20. The van der Waals surface area contributed by atoms with Gasteiger partial charge in [0.05, 0.1) is 0 Å². The van der Waals surface area contributed by atoms with Gasteiger partial charge < -0.3 is 20.3 Å². The average molecular weight is 502 g/mol. The van der Waals surface area contributed by atoms with Crippen molar-refractivity contribution in [2.45, 2.75) is 26.9 Å². The van der Waals surface area contributed by atoms with Gasteiger partial charge in [-0.05, 0) is 41.5 Å². The number of thiophene rings is 1. The Morgan fingerprint density at radius 2 is 1.85 bits per heavy atom. The van der Waals surface area contributed by atoms with Crippen LogP contribution in [0.1, 0.15) is 25.0 Å². The van der Waals surface area contributed by atoms with Crippen molar-refractivity contribution in [2.24, 2.45) is 4.99 Å². The number of para-hydroxylation sites is 1. The highest BCUT2D eigenvalue weighted by molar-refractivity contribution is 14.0. The molecular weight excluding hydrogens is 471 g/mol. The fourth-order valence-electron chi connectivity index (χ4n) is 2.59. The molecule has 0 saturated heterocycles. The van der Waals surface area contributed by atoms with Gasteiger partial charge in [0.2, 0.25) is 0 Å². The zero-order valence-corrected chi connectivity index (χ0v) is 19.6. The lowest BCUT2D eigenvalue weighted by molar-refractivity contribution is 0.221. The quantitative estimate of drug-likeness (QED) is 0.294. The second-order valence-corrected chi connectivity index (χ2v) is 6.67. The van der Waals surface area contributed by atoms with E-state index in [-0.39, 0.29) is 24.0 Å². The Morgan fingerprint density at radius 3 is 2.52 bits per heavy atom. The summed E-state index contributed by atoms with van der Waals surface area (Å²) < 4.78 is 6.02. The molecule has 2 aromatic rings. The highest BCUT2D eigenvalue weighted by Crippen LogP contribution is 2.17. The number of guanidine groups is 1. The van der Waals surface area contributed by atoms with Crippen LogP contribution < -0.4 is 15.4 Å². The summed E-state index contributed by atoms with van der Waals surface area (Å²) in [7, 11) is 1.79. The molecule has 0 aliphatic carbocycles. The molecular formula is C20H31IN4OS. The number of nitrogens with one attached hydrogen (secondary N) is 2. The zero-order valence-electron chi connectivity index (χ0n) is 16.4. The van der Waals surface area contributed by atoms with Gasteiger partial charge in [0.1, 0.15) is 12.4 Å². The van der Waals surface area contributed by atoms with Crippen molar-refractivity contribution in [3.8, 4) is 5.75 Å². The normalized spacial score (nSPS) is 11.2. The third-order valence-corrected chi connectivity index (χ3v) is 4.97. The molecule has 0 fully saturated rings. The number of likely N-dealkylation sites (N-methyl/N-ethyl adjacent to an activating group) is 1. The summed E-state index contributed by atoms with van der Waals surface area (Å²) in [6.07, 6.45) is 0. The largest absolute Gasteiger partial charge is 0.492 e. The third-order valence-electron chi connectivity index (χ3n) is 4.24. The maximum absolute atomic E-state index is 6.02. The van der Waals surface area contributed by atoms with Crippen LogP contribution in [0, 0.1) is 0 Å². The maximum Gasteiger partial charge on any atom is 0.191 e. The van der Waals surface area contributed by atoms with E-state index in [2.05, 4.69) is 57.3 Å². The van der Waals surface area contributed by atoms with Crippen molar-refractivity contribution >= 4 is 41.3 Å². The van der Waals surface area contributed by atoms with Crippen LogP contribution in [0.3, 0.4) is 0 Å². The minimum atomic E-state index is 0. The second kappa shape index (κ2) is 13.8. The first-order valence-electron chi connectivity index (χ1n) is 9.15. The molecule has 5 nitrogen and oxygen atoms in total.